The Kier molecular flexibility index (Phi) is 8.32. The number of nitrogens with one attached hydrogen (secondary N) is 3. The number of anilines is 1. The van der Waals surface area contributed by atoms with Crippen molar-refractivity contribution >= 4 is 40.2 Å². The van der Waals surface area contributed by atoms with Gasteiger partial charge in [0.2, 0.25) is 11.0 Å². The molecule has 8 nitrogen and oxygen atoms in total. The van der Waals surface area contributed by atoms with Crippen LogP contribution in [0.5, 0.6) is 0 Å². The minimum atomic E-state index is -0.523. The van der Waals surface area contributed by atoms with E-state index >= 15 is 0 Å². The highest BCUT2D eigenvalue weighted by Gasteiger charge is 2.19. The second-order valence-corrected chi connectivity index (χ2v) is 7.78. The number of methoxy groups -OCH3 is 1. The lowest BCUT2D eigenvalue weighted by molar-refractivity contribution is -0.119. The fourth-order valence-electron chi connectivity index (χ4n) is 1.83. The first-order valence-electron chi connectivity index (χ1n) is 7.94. The average Bonchev–Trinajstić information content (AvgIpc) is 3.08. The Labute approximate surface area is 160 Å². The van der Waals surface area contributed by atoms with Crippen LogP contribution < -0.4 is 16.0 Å². The number of nitrogens with zero attached hydrogens (tertiary/aromatic N) is 2. The topological polar surface area (TPSA) is 105 Å². The highest BCUT2D eigenvalue weighted by Crippen LogP contribution is 2.28. The Morgan fingerprint density at radius 2 is 2.04 bits per heavy atom. The van der Waals surface area contributed by atoms with E-state index in [1.54, 1.807) is 14.0 Å². The summed E-state index contributed by atoms with van der Waals surface area (Å²) >= 11 is 2.60. The molecule has 1 heterocycles. The number of ether oxygens (including phenoxy) is 1. The molecule has 1 atom stereocenters. The van der Waals surface area contributed by atoms with E-state index in [1.807, 2.05) is 30.3 Å². The zero-order valence-electron chi connectivity index (χ0n) is 14.5. The Bertz CT molecular complexity index is 711. The van der Waals surface area contributed by atoms with E-state index < -0.39 is 11.3 Å². The molecule has 0 saturated heterocycles. The van der Waals surface area contributed by atoms with Gasteiger partial charge < -0.3 is 15.4 Å². The van der Waals surface area contributed by atoms with Crippen LogP contribution in [0.15, 0.2) is 34.7 Å². The minimum absolute atomic E-state index is 0.356. The first-order valence-corrected chi connectivity index (χ1v) is 9.63. The zero-order chi connectivity index (χ0) is 18.8. The van der Waals surface area contributed by atoms with Crippen LogP contribution >= 0.6 is 23.1 Å². The van der Waals surface area contributed by atoms with E-state index in [2.05, 4.69) is 26.1 Å². The molecule has 0 saturated carbocycles. The lowest BCUT2D eigenvalue weighted by Gasteiger charge is -2.10. The van der Waals surface area contributed by atoms with Crippen molar-refractivity contribution in [3.8, 4) is 0 Å². The first kappa shape index (κ1) is 20.1. The third-order valence-electron chi connectivity index (χ3n) is 3.17. The quantitative estimate of drug-likeness (QED) is 0.441. The monoisotopic (exact) mass is 395 g/mol. The van der Waals surface area contributed by atoms with Crippen LogP contribution in [0.3, 0.4) is 0 Å². The van der Waals surface area contributed by atoms with Crippen LogP contribution in [0.1, 0.15) is 12.5 Å². The number of hydrogen-bond donors (Lipinski definition) is 3. The van der Waals surface area contributed by atoms with E-state index in [0.717, 1.165) is 5.56 Å². The third kappa shape index (κ3) is 6.98. The van der Waals surface area contributed by atoms with Crippen molar-refractivity contribution < 1.29 is 14.3 Å². The molecule has 0 spiro atoms. The van der Waals surface area contributed by atoms with Crippen molar-refractivity contribution in [3.63, 3.8) is 0 Å². The van der Waals surface area contributed by atoms with Crippen LogP contribution in [0.25, 0.3) is 0 Å². The van der Waals surface area contributed by atoms with E-state index in [1.165, 1.54) is 23.1 Å². The van der Waals surface area contributed by atoms with Crippen LogP contribution in [0.4, 0.5) is 9.93 Å². The van der Waals surface area contributed by atoms with Gasteiger partial charge in [-0.1, -0.05) is 53.4 Å². The highest BCUT2D eigenvalue weighted by molar-refractivity contribution is 8.02. The molecule has 3 amide bonds. The van der Waals surface area contributed by atoms with Gasteiger partial charge in [0.1, 0.15) is 0 Å². The van der Waals surface area contributed by atoms with Gasteiger partial charge in [-0.25, -0.2) is 4.79 Å². The molecule has 2 rings (SSSR count). The maximum Gasteiger partial charge on any atom is 0.321 e. The lowest BCUT2D eigenvalue weighted by atomic mass is 10.2. The predicted molar refractivity (Wildman–Crippen MR) is 102 cm³/mol. The molecule has 1 aromatic carbocycles. The smallest absolute Gasteiger partial charge is 0.321 e. The molecular formula is C16H21N5O3S2. The Balaban J connectivity index is 1.73. The number of hydrogen-bond acceptors (Lipinski definition) is 8. The summed E-state index contributed by atoms with van der Waals surface area (Å²) in [7, 11) is 1.62. The number of benzene rings is 1. The van der Waals surface area contributed by atoms with E-state index in [-0.39, 0.29) is 5.91 Å². The number of carbonyl (C=O) groups is 2. The van der Waals surface area contributed by atoms with E-state index in [9.17, 15) is 9.59 Å². The maximum atomic E-state index is 12.1. The van der Waals surface area contributed by atoms with Crippen molar-refractivity contribution in [2.45, 2.75) is 23.1 Å². The molecule has 0 aliphatic heterocycles. The number of carbonyl (C=O) groups excluding carboxylic acids is 2. The van der Waals surface area contributed by atoms with Gasteiger partial charge >= 0.3 is 6.03 Å². The van der Waals surface area contributed by atoms with E-state index in [4.69, 9.17) is 4.74 Å². The molecular weight excluding hydrogens is 374 g/mol. The highest BCUT2D eigenvalue weighted by atomic mass is 32.2. The van der Waals surface area contributed by atoms with Gasteiger partial charge in [0, 0.05) is 20.2 Å². The number of rotatable bonds is 9. The average molecular weight is 396 g/mol. The summed E-state index contributed by atoms with van der Waals surface area (Å²) in [6.45, 7) is 3.27. The van der Waals surface area contributed by atoms with Gasteiger partial charge in [-0.2, -0.15) is 0 Å². The summed E-state index contributed by atoms with van der Waals surface area (Å²) in [4.78, 5) is 24.0. The Hall–Kier alpha value is -2.17. The van der Waals surface area contributed by atoms with Crippen molar-refractivity contribution in [2.24, 2.45) is 0 Å². The van der Waals surface area contributed by atoms with Gasteiger partial charge in [0.05, 0.1) is 11.9 Å². The number of aromatic nitrogens is 2. The van der Waals surface area contributed by atoms with Crippen molar-refractivity contribution in [1.29, 1.82) is 0 Å². The Morgan fingerprint density at radius 3 is 2.77 bits per heavy atom. The van der Waals surface area contributed by atoms with Crippen LogP contribution in [0, 0.1) is 0 Å². The molecule has 0 unspecified atom stereocenters. The largest absolute Gasteiger partial charge is 0.383 e. The van der Waals surface area contributed by atoms with Gasteiger partial charge in [0.25, 0.3) is 0 Å². The standard InChI is InChI=1S/C16H21N5O3S2/c1-11(25-16-21-20-15(26-16)17-8-9-24-2)13(22)19-14(23)18-10-12-6-4-3-5-7-12/h3-7,11H,8-10H2,1-2H3,(H,17,20)(H2,18,19,22,23)/t11-/m1/s1. The molecule has 1 aromatic heterocycles. The molecule has 10 heteroatoms. The molecule has 0 bridgehead atoms. The number of urea groups is 1. The summed E-state index contributed by atoms with van der Waals surface area (Å²) in [5, 5.41) is 16.3. The van der Waals surface area contributed by atoms with Crippen molar-refractivity contribution in [2.75, 3.05) is 25.6 Å². The summed E-state index contributed by atoms with van der Waals surface area (Å²) in [5.74, 6) is -0.385. The summed E-state index contributed by atoms with van der Waals surface area (Å²) in [6, 6.07) is 8.95. The van der Waals surface area contributed by atoms with E-state index in [0.29, 0.717) is 29.2 Å². The molecule has 2 aromatic rings. The molecule has 0 fully saturated rings. The first-order chi connectivity index (χ1) is 12.6. The minimum Gasteiger partial charge on any atom is -0.383 e. The lowest BCUT2D eigenvalue weighted by Crippen LogP contribution is -2.42. The van der Waals surface area contributed by atoms with Gasteiger partial charge in [-0.05, 0) is 12.5 Å². The zero-order valence-corrected chi connectivity index (χ0v) is 16.2. The summed E-state index contributed by atoms with van der Waals surface area (Å²) in [6.07, 6.45) is 0. The Morgan fingerprint density at radius 1 is 1.27 bits per heavy atom. The van der Waals surface area contributed by atoms with Crippen molar-refractivity contribution in [1.82, 2.24) is 20.8 Å². The molecule has 26 heavy (non-hydrogen) atoms. The molecule has 140 valence electrons. The molecule has 0 radical (unpaired) electrons. The van der Waals surface area contributed by atoms with Crippen LogP contribution in [0.2, 0.25) is 0 Å². The van der Waals surface area contributed by atoms with Crippen LogP contribution in [-0.2, 0) is 16.1 Å². The SMILES string of the molecule is COCCNc1nnc(S[C@H](C)C(=O)NC(=O)NCc2ccccc2)s1. The maximum absolute atomic E-state index is 12.1. The second kappa shape index (κ2) is 10.7. The summed E-state index contributed by atoms with van der Waals surface area (Å²) in [5.41, 5.74) is 0.958. The number of amides is 3. The third-order valence-corrected chi connectivity index (χ3v) is 5.23. The summed E-state index contributed by atoms with van der Waals surface area (Å²) < 4.78 is 5.60. The van der Waals surface area contributed by atoms with Gasteiger partial charge in [0.15, 0.2) is 4.34 Å². The molecule has 3 N–H and O–H groups in total. The fraction of sp³-hybridized carbons (Fsp3) is 0.375. The van der Waals surface area contributed by atoms with Gasteiger partial charge in [-0.15, -0.1) is 10.2 Å². The molecule has 0 aliphatic carbocycles. The molecule has 0 aliphatic rings. The number of thioether (sulfide) groups is 1. The van der Waals surface area contributed by atoms with Crippen LogP contribution in [-0.4, -0.2) is 47.6 Å². The second-order valence-electron chi connectivity index (χ2n) is 5.21. The normalized spacial score (nSPS) is 11.6. The number of imide groups is 1. The predicted octanol–water partition coefficient (Wildman–Crippen LogP) is 2.10. The van der Waals surface area contributed by atoms with Crippen molar-refractivity contribution in [3.05, 3.63) is 35.9 Å². The fourth-order valence-corrected chi connectivity index (χ4v) is 3.75. The van der Waals surface area contributed by atoms with Gasteiger partial charge in [-0.3, -0.25) is 10.1 Å².